The van der Waals surface area contributed by atoms with Crippen LogP contribution < -0.4 is 14.9 Å². The van der Waals surface area contributed by atoms with Crippen molar-refractivity contribution in [1.82, 2.24) is 9.71 Å². The molecule has 8 heteroatoms. The van der Waals surface area contributed by atoms with Gasteiger partial charge in [0.25, 0.3) is 0 Å². The molecule has 2 N–H and O–H groups in total. The minimum atomic E-state index is -3.65. The minimum absolute atomic E-state index is 0.00714. The van der Waals surface area contributed by atoms with Crippen molar-refractivity contribution in [3.63, 3.8) is 0 Å². The molecule has 0 radical (unpaired) electrons. The van der Waals surface area contributed by atoms with E-state index in [-0.39, 0.29) is 23.8 Å². The van der Waals surface area contributed by atoms with E-state index in [1.54, 1.807) is 12.1 Å². The lowest BCUT2D eigenvalue weighted by atomic mass is 10.2. The highest BCUT2D eigenvalue weighted by Gasteiger charge is 2.14. The Kier molecular flexibility index (Phi) is 5.88. The maximum Gasteiger partial charge on any atom is 0.242 e. The molecule has 0 aliphatic carbocycles. The van der Waals surface area contributed by atoms with Crippen molar-refractivity contribution in [2.75, 3.05) is 30.9 Å². The Balaban J connectivity index is 1.91. The fourth-order valence-electron chi connectivity index (χ4n) is 2.07. The molecule has 1 aromatic heterocycles. The summed E-state index contributed by atoms with van der Waals surface area (Å²) < 4.78 is 26.4. The smallest absolute Gasteiger partial charge is 0.242 e. The van der Waals surface area contributed by atoms with Gasteiger partial charge in [0.05, 0.1) is 11.4 Å². The third-order valence-electron chi connectivity index (χ3n) is 3.25. The number of hydrogen-bond donors (Lipinski definition) is 2. The number of benzene rings is 1. The molecule has 2 rings (SSSR count). The van der Waals surface area contributed by atoms with Crippen molar-refractivity contribution in [2.45, 2.75) is 11.3 Å². The molecular formula is C16H20N4O3S. The molecule has 0 spiro atoms. The van der Waals surface area contributed by atoms with Gasteiger partial charge in [0.1, 0.15) is 4.90 Å². The van der Waals surface area contributed by atoms with Crippen LogP contribution in [-0.4, -0.2) is 39.9 Å². The third kappa shape index (κ3) is 4.77. The lowest BCUT2D eigenvalue weighted by Gasteiger charge is -2.17. The lowest BCUT2D eigenvalue weighted by Crippen LogP contribution is -2.28. The van der Waals surface area contributed by atoms with E-state index >= 15 is 0 Å². The molecule has 0 unspecified atom stereocenters. The average molecular weight is 348 g/mol. The van der Waals surface area contributed by atoms with Crippen molar-refractivity contribution in [2.24, 2.45) is 0 Å². The first-order valence-corrected chi connectivity index (χ1v) is 8.84. The highest BCUT2D eigenvalue weighted by molar-refractivity contribution is 7.89. The van der Waals surface area contributed by atoms with Gasteiger partial charge in [-0.15, -0.1) is 0 Å². The zero-order chi connectivity index (χ0) is 17.6. The summed E-state index contributed by atoms with van der Waals surface area (Å²) in [7, 11) is 0.113. The number of nitrogens with one attached hydrogen (secondary N) is 2. The molecule has 24 heavy (non-hydrogen) atoms. The lowest BCUT2D eigenvalue weighted by molar-refractivity contribution is -0.116. The predicted molar refractivity (Wildman–Crippen MR) is 93.4 cm³/mol. The van der Waals surface area contributed by atoms with Gasteiger partial charge in [-0.1, -0.05) is 12.1 Å². The van der Waals surface area contributed by atoms with E-state index in [4.69, 9.17) is 0 Å². The quantitative estimate of drug-likeness (QED) is 0.790. The molecule has 2 aromatic rings. The van der Waals surface area contributed by atoms with Crippen LogP contribution >= 0.6 is 0 Å². The number of hydrogen-bond acceptors (Lipinski definition) is 5. The Morgan fingerprint density at radius 2 is 1.92 bits per heavy atom. The van der Waals surface area contributed by atoms with E-state index in [1.165, 1.54) is 18.5 Å². The summed E-state index contributed by atoms with van der Waals surface area (Å²) in [6, 6.07) is 10.4. The number of carbonyl (C=O) groups is 1. The number of pyridine rings is 1. The van der Waals surface area contributed by atoms with Gasteiger partial charge in [-0.2, -0.15) is 0 Å². The summed E-state index contributed by atoms with van der Waals surface area (Å²) in [5.41, 5.74) is 1.56. The summed E-state index contributed by atoms with van der Waals surface area (Å²) in [6.07, 6.45) is 2.78. The second-order valence-electron chi connectivity index (χ2n) is 5.30. The van der Waals surface area contributed by atoms with Gasteiger partial charge in [0.2, 0.25) is 15.9 Å². The summed E-state index contributed by atoms with van der Waals surface area (Å²) in [6.45, 7) is 0.00714. The molecule has 0 saturated heterocycles. The molecular weight excluding hydrogens is 328 g/mol. The Morgan fingerprint density at radius 1 is 1.17 bits per heavy atom. The largest absolute Gasteiger partial charge is 0.376 e. The van der Waals surface area contributed by atoms with E-state index in [9.17, 15) is 13.2 Å². The minimum Gasteiger partial charge on any atom is -0.376 e. The SMILES string of the molecule is CN(C)c1ccccc1NC(=O)CCNS(=O)(=O)c1cccnc1. The summed E-state index contributed by atoms with van der Waals surface area (Å²) >= 11 is 0. The molecule has 0 aliphatic heterocycles. The van der Waals surface area contributed by atoms with Crippen LogP contribution in [-0.2, 0) is 14.8 Å². The average Bonchev–Trinajstić information content (AvgIpc) is 2.56. The normalized spacial score (nSPS) is 11.1. The molecule has 0 bridgehead atoms. The van der Waals surface area contributed by atoms with E-state index in [1.807, 2.05) is 37.2 Å². The van der Waals surface area contributed by atoms with Crippen LogP contribution in [0.2, 0.25) is 0 Å². The van der Waals surface area contributed by atoms with Crippen LogP contribution in [0.3, 0.4) is 0 Å². The van der Waals surface area contributed by atoms with Gasteiger partial charge in [-0.05, 0) is 24.3 Å². The number of aromatic nitrogens is 1. The highest BCUT2D eigenvalue weighted by Crippen LogP contribution is 2.23. The number of sulfonamides is 1. The number of rotatable bonds is 7. The van der Waals surface area contributed by atoms with Gasteiger partial charge in [-0.25, -0.2) is 13.1 Å². The van der Waals surface area contributed by atoms with Gasteiger partial charge in [0.15, 0.2) is 0 Å². The van der Waals surface area contributed by atoms with Crippen LogP contribution in [0.15, 0.2) is 53.7 Å². The number of carbonyl (C=O) groups excluding carboxylic acids is 1. The zero-order valence-corrected chi connectivity index (χ0v) is 14.4. The first-order valence-electron chi connectivity index (χ1n) is 7.36. The monoisotopic (exact) mass is 348 g/mol. The first kappa shape index (κ1) is 17.9. The molecule has 1 aromatic carbocycles. The third-order valence-corrected chi connectivity index (χ3v) is 4.70. The molecule has 7 nitrogen and oxygen atoms in total. The number of para-hydroxylation sites is 2. The number of amides is 1. The maximum absolute atomic E-state index is 12.0. The fraction of sp³-hybridized carbons (Fsp3) is 0.250. The fourth-order valence-corrected chi connectivity index (χ4v) is 3.07. The molecule has 0 fully saturated rings. The molecule has 0 aliphatic rings. The first-order chi connectivity index (χ1) is 11.4. The van der Waals surface area contributed by atoms with Crippen molar-refractivity contribution in [1.29, 1.82) is 0 Å². The van der Waals surface area contributed by atoms with Crippen LogP contribution in [0.25, 0.3) is 0 Å². The molecule has 128 valence electrons. The Bertz CT molecular complexity index is 792. The molecule has 0 saturated carbocycles. The van der Waals surface area contributed by atoms with Crippen LogP contribution in [0.4, 0.5) is 11.4 Å². The predicted octanol–water partition coefficient (Wildman–Crippen LogP) is 1.45. The maximum atomic E-state index is 12.0. The van der Waals surface area contributed by atoms with Crippen LogP contribution in [0.5, 0.6) is 0 Å². The number of nitrogens with zero attached hydrogens (tertiary/aromatic N) is 2. The van der Waals surface area contributed by atoms with Crippen molar-refractivity contribution < 1.29 is 13.2 Å². The Hall–Kier alpha value is -2.45. The van der Waals surface area contributed by atoms with E-state index < -0.39 is 10.0 Å². The van der Waals surface area contributed by atoms with Gasteiger partial charge >= 0.3 is 0 Å². The van der Waals surface area contributed by atoms with Crippen LogP contribution in [0.1, 0.15) is 6.42 Å². The van der Waals surface area contributed by atoms with E-state index in [2.05, 4.69) is 15.0 Å². The molecule has 1 amide bonds. The molecule has 1 heterocycles. The summed E-state index contributed by atoms with van der Waals surface area (Å²) in [5, 5.41) is 2.79. The molecule has 0 atom stereocenters. The highest BCUT2D eigenvalue weighted by atomic mass is 32.2. The zero-order valence-electron chi connectivity index (χ0n) is 13.6. The second kappa shape index (κ2) is 7.89. The van der Waals surface area contributed by atoms with Gasteiger partial charge in [-0.3, -0.25) is 9.78 Å². The van der Waals surface area contributed by atoms with E-state index in [0.717, 1.165) is 5.69 Å². The van der Waals surface area contributed by atoms with Crippen LogP contribution in [0, 0.1) is 0 Å². The number of anilines is 2. The van der Waals surface area contributed by atoms with Gasteiger partial charge in [0, 0.05) is 39.5 Å². The topological polar surface area (TPSA) is 91.4 Å². The second-order valence-corrected chi connectivity index (χ2v) is 7.06. The van der Waals surface area contributed by atoms with E-state index in [0.29, 0.717) is 5.69 Å². The Morgan fingerprint density at radius 3 is 2.58 bits per heavy atom. The standard InChI is InChI=1S/C16H20N4O3S/c1-20(2)15-8-4-3-7-14(15)19-16(21)9-11-18-24(22,23)13-6-5-10-17-12-13/h3-8,10,12,18H,9,11H2,1-2H3,(H,19,21). The van der Waals surface area contributed by atoms with Crippen molar-refractivity contribution in [3.05, 3.63) is 48.8 Å². The van der Waals surface area contributed by atoms with Crippen molar-refractivity contribution in [3.8, 4) is 0 Å². The summed E-state index contributed by atoms with van der Waals surface area (Å²) in [4.78, 5) is 17.8. The summed E-state index contributed by atoms with van der Waals surface area (Å²) in [5.74, 6) is -0.266. The van der Waals surface area contributed by atoms with Gasteiger partial charge < -0.3 is 10.2 Å². The Labute approximate surface area is 141 Å². The van der Waals surface area contributed by atoms with Crippen molar-refractivity contribution >= 4 is 27.3 Å².